The molecule has 1 amide bonds. The summed E-state index contributed by atoms with van der Waals surface area (Å²) in [5.41, 5.74) is -0.646. The number of benzene rings is 1. The van der Waals surface area contributed by atoms with Crippen LogP contribution in [-0.2, 0) is 17.4 Å². The second-order valence-corrected chi connectivity index (χ2v) is 7.50. The largest absolute Gasteiger partial charge is 0.416 e. The molecule has 6 heteroatoms. The van der Waals surface area contributed by atoms with Gasteiger partial charge < -0.3 is 4.90 Å². The van der Waals surface area contributed by atoms with Crippen molar-refractivity contribution in [3.8, 4) is 0 Å². The third-order valence-corrected chi connectivity index (χ3v) is 5.86. The van der Waals surface area contributed by atoms with Crippen LogP contribution in [0.25, 0.3) is 0 Å². The van der Waals surface area contributed by atoms with Gasteiger partial charge in [0.05, 0.1) is 12.0 Å². The van der Waals surface area contributed by atoms with Crippen molar-refractivity contribution >= 4 is 5.91 Å². The lowest BCUT2D eigenvalue weighted by Gasteiger charge is -2.42. The first-order valence-electron chi connectivity index (χ1n) is 9.53. The molecule has 0 radical (unpaired) electrons. The Morgan fingerprint density at radius 3 is 2.46 bits per heavy atom. The summed E-state index contributed by atoms with van der Waals surface area (Å²) in [5, 5.41) is 0. The maximum atomic E-state index is 13.2. The summed E-state index contributed by atoms with van der Waals surface area (Å²) in [6.45, 7) is 2.14. The molecule has 3 rings (SSSR count). The van der Waals surface area contributed by atoms with E-state index in [1.165, 1.54) is 25.0 Å². The van der Waals surface area contributed by atoms with Gasteiger partial charge in [-0.2, -0.15) is 13.2 Å². The van der Waals surface area contributed by atoms with Gasteiger partial charge in [0.1, 0.15) is 0 Å². The number of nitrogens with zero attached hydrogens (tertiary/aromatic N) is 2. The van der Waals surface area contributed by atoms with Crippen LogP contribution >= 0.6 is 0 Å². The zero-order valence-corrected chi connectivity index (χ0v) is 15.3. The minimum Gasteiger partial charge on any atom is -0.341 e. The van der Waals surface area contributed by atoms with E-state index in [0.29, 0.717) is 6.04 Å². The average Bonchev–Trinajstić information content (AvgIpc) is 3.15. The number of hydrogen-bond acceptors (Lipinski definition) is 2. The summed E-state index contributed by atoms with van der Waals surface area (Å²) in [5.74, 6) is -0.224. The molecule has 1 aromatic rings. The molecule has 0 unspecified atom stereocenters. The smallest absolute Gasteiger partial charge is 0.341 e. The molecule has 2 atom stereocenters. The zero-order valence-electron chi connectivity index (χ0n) is 15.3. The maximum absolute atomic E-state index is 13.2. The third kappa shape index (κ3) is 4.22. The minimum absolute atomic E-state index is 0.0605. The van der Waals surface area contributed by atoms with Crippen molar-refractivity contribution < 1.29 is 18.0 Å². The Bertz CT molecular complexity index is 626. The Kier molecular flexibility index (Phi) is 5.90. The second kappa shape index (κ2) is 7.99. The van der Waals surface area contributed by atoms with E-state index in [-0.39, 0.29) is 23.9 Å². The van der Waals surface area contributed by atoms with Gasteiger partial charge in [0, 0.05) is 19.1 Å². The first-order valence-corrected chi connectivity index (χ1v) is 9.53. The molecule has 1 aromatic carbocycles. The van der Waals surface area contributed by atoms with E-state index in [4.69, 9.17) is 0 Å². The molecule has 1 saturated carbocycles. The number of hydrogen-bond donors (Lipinski definition) is 0. The Hall–Kier alpha value is -1.56. The van der Waals surface area contributed by atoms with Gasteiger partial charge in [-0.3, -0.25) is 9.69 Å². The number of carbonyl (C=O) groups is 1. The number of likely N-dealkylation sites (tertiary alicyclic amines) is 1. The minimum atomic E-state index is -4.43. The van der Waals surface area contributed by atoms with Crippen LogP contribution in [0.3, 0.4) is 0 Å². The standard InChI is InChI=1S/C20H27F3N2O/c1-24(17-10-4-5-11-18(17)25-12-6-7-13-25)19(26)14-15-8-2-3-9-16(15)20(21,22)23/h2-3,8-9,17-18H,4-7,10-14H2,1H3/t17-,18-/m0/s1. The van der Waals surface area contributed by atoms with E-state index < -0.39 is 11.7 Å². The fourth-order valence-corrected chi connectivity index (χ4v) is 4.47. The Labute approximate surface area is 153 Å². The van der Waals surface area contributed by atoms with E-state index in [1.54, 1.807) is 18.0 Å². The molecule has 144 valence electrons. The third-order valence-electron chi connectivity index (χ3n) is 5.86. The molecule has 3 nitrogen and oxygen atoms in total. The first-order chi connectivity index (χ1) is 12.4. The van der Waals surface area contributed by atoms with E-state index >= 15 is 0 Å². The van der Waals surface area contributed by atoms with Gasteiger partial charge in [-0.15, -0.1) is 0 Å². The van der Waals surface area contributed by atoms with Crippen LogP contribution in [0, 0.1) is 0 Å². The lowest BCUT2D eigenvalue weighted by molar-refractivity contribution is -0.139. The maximum Gasteiger partial charge on any atom is 0.416 e. The molecule has 2 aliphatic rings. The zero-order chi connectivity index (χ0) is 18.7. The number of alkyl halides is 3. The highest BCUT2D eigenvalue weighted by atomic mass is 19.4. The molecule has 0 bridgehead atoms. The molecule has 0 N–H and O–H groups in total. The van der Waals surface area contributed by atoms with E-state index in [1.807, 2.05) is 0 Å². The number of likely N-dealkylation sites (N-methyl/N-ethyl adjacent to an activating group) is 1. The number of rotatable bonds is 4. The highest BCUT2D eigenvalue weighted by Crippen LogP contribution is 2.33. The Morgan fingerprint density at radius 2 is 1.77 bits per heavy atom. The Balaban J connectivity index is 1.73. The lowest BCUT2D eigenvalue weighted by atomic mass is 9.88. The van der Waals surface area contributed by atoms with Crippen molar-refractivity contribution in [1.29, 1.82) is 0 Å². The average molecular weight is 368 g/mol. The fourth-order valence-electron chi connectivity index (χ4n) is 4.47. The lowest BCUT2D eigenvalue weighted by Crippen LogP contribution is -2.53. The molecular formula is C20H27F3N2O. The van der Waals surface area contributed by atoms with Crippen LogP contribution < -0.4 is 0 Å². The molecule has 1 saturated heterocycles. The summed E-state index contributed by atoms with van der Waals surface area (Å²) in [6.07, 6.45) is 2.00. The van der Waals surface area contributed by atoms with Crippen molar-refractivity contribution in [3.05, 3.63) is 35.4 Å². The first kappa shape index (κ1) is 19.2. The monoisotopic (exact) mass is 368 g/mol. The topological polar surface area (TPSA) is 23.6 Å². The summed E-state index contributed by atoms with van der Waals surface area (Å²) in [4.78, 5) is 17.0. The van der Waals surface area contributed by atoms with E-state index in [9.17, 15) is 18.0 Å². The van der Waals surface area contributed by atoms with Gasteiger partial charge >= 0.3 is 6.18 Å². The highest BCUT2D eigenvalue weighted by molar-refractivity contribution is 5.79. The van der Waals surface area contributed by atoms with Crippen molar-refractivity contribution in [2.24, 2.45) is 0 Å². The predicted octanol–water partition coefficient (Wildman–Crippen LogP) is 4.11. The quantitative estimate of drug-likeness (QED) is 0.798. The predicted molar refractivity (Wildman–Crippen MR) is 94.8 cm³/mol. The van der Waals surface area contributed by atoms with Gasteiger partial charge in [0.2, 0.25) is 5.91 Å². The normalized spacial score (nSPS) is 24.6. The molecule has 1 aliphatic heterocycles. The SMILES string of the molecule is CN(C(=O)Cc1ccccc1C(F)(F)F)[C@H]1CCCC[C@@H]1N1CCCC1. The van der Waals surface area contributed by atoms with Gasteiger partial charge in [-0.25, -0.2) is 0 Å². The van der Waals surface area contributed by atoms with Crippen molar-refractivity contribution in [2.75, 3.05) is 20.1 Å². The highest BCUT2D eigenvalue weighted by Gasteiger charge is 2.37. The van der Waals surface area contributed by atoms with Crippen LogP contribution in [0.4, 0.5) is 13.2 Å². The molecule has 0 spiro atoms. The Morgan fingerprint density at radius 1 is 1.12 bits per heavy atom. The van der Waals surface area contributed by atoms with E-state index in [0.717, 1.165) is 44.8 Å². The summed E-state index contributed by atoms with van der Waals surface area (Å²) < 4.78 is 39.6. The molecule has 0 aromatic heterocycles. The fraction of sp³-hybridized carbons (Fsp3) is 0.650. The molecule has 1 aliphatic carbocycles. The second-order valence-electron chi connectivity index (χ2n) is 7.50. The van der Waals surface area contributed by atoms with Gasteiger partial charge in [-0.05, 0) is 50.4 Å². The van der Waals surface area contributed by atoms with Crippen LogP contribution in [-0.4, -0.2) is 47.9 Å². The summed E-state index contributed by atoms with van der Waals surface area (Å²) >= 11 is 0. The number of halogens is 3. The molecule has 26 heavy (non-hydrogen) atoms. The van der Waals surface area contributed by atoms with E-state index in [2.05, 4.69) is 4.90 Å². The van der Waals surface area contributed by atoms with Crippen LogP contribution in [0.5, 0.6) is 0 Å². The van der Waals surface area contributed by atoms with Crippen molar-refractivity contribution in [2.45, 2.75) is 63.2 Å². The van der Waals surface area contributed by atoms with Crippen LogP contribution in [0.1, 0.15) is 49.7 Å². The molecular weight excluding hydrogens is 341 g/mol. The van der Waals surface area contributed by atoms with Crippen LogP contribution in [0.15, 0.2) is 24.3 Å². The van der Waals surface area contributed by atoms with Crippen molar-refractivity contribution in [3.63, 3.8) is 0 Å². The van der Waals surface area contributed by atoms with Crippen LogP contribution in [0.2, 0.25) is 0 Å². The number of carbonyl (C=O) groups excluding carboxylic acids is 1. The molecule has 1 heterocycles. The summed E-state index contributed by atoms with van der Waals surface area (Å²) in [6, 6.07) is 5.84. The van der Waals surface area contributed by atoms with Crippen molar-refractivity contribution in [1.82, 2.24) is 9.80 Å². The molecule has 2 fully saturated rings. The van der Waals surface area contributed by atoms with Gasteiger partial charge in [0.25, 0.3) is 0 Å². The van der Waals surface area contributed by atoms with Gasteiger partial charge in [0.15, 0.2) is 0 Å². The summed E-state index contributed by atoms with van der Waals surface area (Å²) in [7, 11) is 1.76. The van der Waals surface area contributed by atoms with Gasteiger partial charge in [-0.1, -0.05) is 31.0 Å². The number of amides is 1.